The summed E-state index contributed by atoms with van der Waals surface area (Å²) >= 11 is 1.75. The van der Waals surface area contributed by atoms with Crippen molar-refractivity contribution in [1.29, 1.82) is 0 Å². The van der Waals surface area contributed by atoms with Gasteiger partial charge in [-0.15, -0.1) is 11.8 Å². The van der Waals surface area contributed by atoms with Crippen molar-refractivity contribution in [2.45, 2.75) is 24.8 Å². The molecule has 0 saturated carbocycles. The van der Waals surface area contributed by atoms with E-state index in [4.69, 9.17) is 5.11 Å². The van der Waals surface area contributed by atoms with Crippen LogP contribution in [0.5, 0.6) is 0 Å². The van der Waals surface area contributed by atoms with E-state index < -0.39 is 12.0 Å². The van der Waals surface area contributed by atoms with Gasteiger partial charge in [0.15, 0.2) is 0 Å². The van der Waals surface area contributed by atoms with Gasteiger partial charge in [-0.2, -0.15) is 0 Å². The van der Waals surface area contributed by atoms with Gasteiger partial charge in [-0.05, 0) is 33.0 Å². The van der Waals surface area contributed by atoms with E-state index in [0.29, 0.717) is 0 Å². The number of hydrogen-bond donors (Lipinski definition) is 1. The van der Waals surface area contributed by atoms with Crippen LogP contribution in [-0.2, 0) is 4.79 Å². The lowest BCUT2D eigenvalue weighted by atomic mass is 10.2. The molecule has 0 fully saturated rings. The Morgan fingerprint density at radius 2 is 2.00 bits per heavy atom. The van der Waals surface area contributed by atoms with E-state index in [1.807, 2.05) is 11.9 Å². The Morgan fingerprint density at radius 1 is 1.41 bits per heavy atom. The van der Waals surface area contributed by atoms with E-state index >= 15 is 0 Å². The number of thioether (sulfide) groups is 1. The van der Waals surface area contributed by atoms with Crippen LogP contribution in [0, 0.1) is 6.92 Å². The first-order chi connectivity index (χ1) is 8.00. The lowest BCUT2D eigenvalue weighted by molar-refractivity contribution is -0.141. The van der Waals surface area contributed by atoms with Gasteiger partial charge < -0.3 is 5.11 Å². The molecular formula is C13H19NO2S. The van der Waals surface area contributed by atoms with E-state index in [9.17, 15) is 4.79 Å². The largest absolute Gasteiger partial charge is 0.480 e. The summed E-state index contributed by atoms with van der Waals surface area (Å²) in [6.45, 7) is 4.54. The van der Waals surface area contributed by atoms with E-state index in [2.05, 4.69) is 31.2 Å². The second kappa shape index (κ2) is 6.67. The summed E-state index contributed by atoms with van der Waals surface area (Å²) in [7, 11) is 1.84. The predicted octanol–water partition coefficient (Wildman–Crippen LogP) is 2.49. The van der Waals surface area contributed by atoms with Gasteiger partial charge in [0.1, 0.15) is 6.04 Å². The number of rotatable bonds is 6. The maximum Gasteiger partial charge on any atom is 0.320 e. The third-order valence-corrected chi connectivity index (χ3v) is 3.74. The molecule has 94 valence electrons. The van der Waals surface area contributed by atoms with E-state index in [1.165, 1.54) is 10.5 Å². The van der Waals surface area contributed by atoms with Gasteiger partial charge in [-0.25, -0.2) is 0 Å². The zero-order valence-corrected chi connectivity index (χ0v) is 11.3. The molecule has 0 aliphatic carbocycles. The van der Waals surface area contributed by atoms with Crippen LogP contribution < -0.4 is 0 Å². The summed E-state index contributed by atoms with van der Waals surface area (Å²) in [5.41, 5.74) is 1.26. The maximum absolute atomic E-state index is 10.8. The normalized spacial score (nSPS) is 12.7. The molecule has 4 heteroatoms. The highest BCUT2D eigenvalue weighted by Crippen LogP contribution is 2.18. The number of benzene rings is 1. The fourth-order valence-electron chi connectivity index (χ4n) is 1.32. The van der Waals surface area contributed by atoms with Crippen LogP contribution in [0.4, 0.5) is 0 Å². The molecule has 0 heterocycles. The molecule has 1 atom stereocenters. The summed E-state index contributed by atoms with van der Waals surface area (Å²) in [4.78, 5) is 13.8. The van der Waals surface area contributed by atoms with Crippen LogP contribution in [0.25, 0.3) is 0 Å². The first-order valence-electron chi connectivity index (χ1n) is 5.63. The number of likely N-dealkylation sites (N-methyl/N-ethyl adjacent to an activating group) is 1. The third-order valence-electron chi connectivity index (χ3n) is 2.75. The van der Waals surface area contributed by atoms with E-state index in [0.717, 1.165) is 12.3 Å². The molecule has 3 nitrogen and oxygen atoms in total. The van der Waals surface area contributed by atoms with Crippen molar-refractivity contribution >= 4 is 17.7 Å². The van der Waals surface area contributed by atoms with Crippen LogP contribution in [0.15, 0.2) is 29.2 Å². The van der Waals surface area contributed by atoms with E-state index in [-0.39, 0.29) is 0 Å². The zero-order valence-electron chi connectivity index (χ0n) is 10.5. The third kappa shape index (κ3) is 4.79. The summed E-state index contributed by atoms with van der Waals surface area (Å²) < 4.78 is 0. The molecule has 0 aliphatic heterocycles. The van der Waals surface area contributed by atoms with E-state index in [1.54, 1.807) is 18.7 Å². The van der Waals surface area contributed by atoms with Gasteiger partial charge in [0, 0.05) is 17.2 Å². The highest BCUT2D eigenvalue weighted by atomic mass is 32.2. The smallest absolute Gasteiger partial charge is 0.320 e. The summed E-state index contributed by atoms with van der Waals surface area (Å²) in [5, 5.41) is 8.85. The first-order valence-corrected chi connectivity index (χ1v) is 6.62. The average molecular weight is 253 g/mol. The molecule has 1 unspecified atom stereocenters. The molecule has 1 aromatic rings. The Kier molecular flexibility index (Phi) is 5.51. The van der Waals surface area contributed by atoms with Crippen LogP contribution >= 0.6 is 11.8 Å². The molecule has 17 heavy (non-hydrogen) atoms. The minimum Gasteiger partial charge on any atom is -0.480 e. The number of nitrogens with zero attached hydrogens (tertiary/aromatic N) is 1. The van der Waals surface area contributed by atoms with Crippen LogP contribution in [0.2, 0.25) is 0 Å². The number of aryl methyl sites for hydroxylation is 1. The minimum absolute atomic E-state index is 0.423. The summed E-state index contributed by atoms with van der Waals surface area (Å²) in [6, 6.07) is 7.95. The highest BCUT2D eigenvalue weighted by Gasteiger charge is 2.15. The Morgan fingerprint density at radius 3 is 2.53 bits per heavy atom. The van der Waals surface area contributed by atoms with Gasteiger partial charge in [0.2, 0.25) is 0 Å². The lowest BCUT2D eigenvalue weighted by Gasteiger charge is -2.20. The van der Waals surface area contributed by atoms with Crippen LogP contribution in [0.1, 0.15) is 12.5 Å². The number of aliphatic carboxylic acids is 1. The van der Waals surface area contributed by atoms with Crippen LogP contribution in [-0.4, -0.2) is 41.4 Å². The number of carboxylic acid groups (broad SMARTS) is 1. The molecule has 0 bridgehead atoms. The Balaban J connectivity index is 2.32. The molecular weight excluding hydrogens is 234 g/mol. The molecule has 1 rings (SSSR count). The molecule has 0 aliphatic rings. The van der Waals surface area contributed by atoms with Gasteiger partial charge in [-0.1, -0.05) is 17.7 Å². The second-order valence-corrected chi connectivity index (χ2v) is 5.32. The average Bonchev–Trinajstić information content (AvgIpc) is 2.30. The number of hydrogen-bond acceptors (Lipinski definition) is 3. The molecule has 1 aromatic carbocycles. The molecule has 0 aromatic heterocycles. The quantitative estimate of drug-likeness (QED) is 0.791. The van der Waals surface area contributed by atoms with Crippen molar-refractivity contribution in [2.24, 2.45) is 0 Å². The Bertz CT molecular complexity index is 364. The van der Waals surface area contributed by atoms with Gasteiger partial charge in [0.25, 0.3) is 0 Å². The van der Waals surface area contributed by atoms with Gasteiger partial charge in [0.05, 0.1) is 0 Å². The topological polar surface area (TPSA) is 40.5 Å². The van der Waals surface area contributed by atoms with Crippen molar-refractivity contribution in [2.75, 3.05) is 19.3 Å². The fraction of sp³-hybridized carbons (Fsp3) is 0.462. The van der Waals surface area contributed by atoms with Crippen LogP contribution in [0.3, 0.4) is 0 Å². The predicted molar refractivity (Wildman–Crippen MR) is 71.6 cm³/mol. The molecule has 0 spiro atoms. The Hall–Kier alpha value is -1.00. The van der Waals surface area contributed by atoms with Crippen molar-refractivity contribution in [3.63, 3.8) is 0 Å². The number of carboxylic acids is 1. The first kappa shape index (κ1) is 14.1. The summed E-state index contributed by atoms with van der Waals surface area (Å²) in [6.07, 6.45) is 0. The maximum atomic E-state index is 10.8. The number of carbonyl (C=O) groups is 1. The second-order valence-electron chi connectivity index (χ2n) is 4.16. The van der Waals surface area contributed by atoms with Crippen molar-refractivity contribution < 1.29 is 9.90 Å². The van der Waals surface area contributed by atoms with Gasteiger partial charge >= 0.3 is 5.97 Å². The molecule has 1 N–H and O–H groups in total. The van der Waals surface area contributed by atoms with Gasteiger partial charge in [-0.3, -0.25) is 9.69 Å². The standard InChI is InChI=1S/C13H19NO2S/c1-10-4-6-12(7-5-10)17-9-8-14(3)11(2)13(15)16/h4-7,11H,8-9H2,1-3H3,(H,15,16). The molecule has 0 amide bonds. The van der Waals surface area contributed by atoms with Crippen molar-refractivity contribution in [3.05, 3.63) is 29.8 Å². The monoisotopic (exact) mass is 253 g/mol. The SMILES string of the molecule is Cc1ccc(SCCN(C)C(C)C(=O)O)cc1. The minimum atomic E-state index is -0.771. The molecule has 0 radical (unpaired) electrons. The lowest BCUT2D eigenvalue weighted by Crippen LogP contribution is -2.37. The Labute approximate surface area is 107 Å². The fourth-order valence-corrected chi connectivity index (χ4v) is 2.27. The highest BCUT2D eigenvalue weighted by molar-refractivity contribution is 7.99. The molecule has 0 saturated heterocycles. The summed E-state index contributed by atoms with van der Waals surface area (Å²) in [5.74, 6) is 0.129. The van der Waals surface area contributed by atoms with Crippen molar-refractivity contribution in [3.8, 4) is 0 Å². The van der Waals surface area contributed by atoms with Crippen molar-refractivity contribution in [1.82, 2.24) is 4.90 Å². The zero-order chi connectivity index (χ0) is 12.8.